The summed E-state index contributed by atoms with van der Waals surface area (Å²) >= 11 is 0. The van der Waals surface area contributed by atoms with Crippen LogP contribution in [0, 0.1) is 0 Å². The first-order valence-electron chi connectivity index (χ1n) is 7.72. The van der Waals surface area contributed by atoms with Gasteiger partial charge in [0.25, 0.3) is 0 Å². The molecular formula is C19H17NO4S. The third kappa shape index (κ3) is 3.53. The SMILES string of the molecule is C[C@@H](OC(=O)c1ccc([S@](C)=O)cc1)C(=O)c1c[nH]c2ccccc12. The summed E-state index contributed by atoms with van der Waals surface area (Å²) in [4.78, 5) is 28.5. The lowest BCUT2D eigenvalue weighted by atomic mass is 10.1. The molecule has 2 aromatic carbocycles. The lowest BCUT2D eigenvalue weighted by molar-refractivity contribution is 0.0319. The maximum absolute atomic E-state index is 12.6. The molecule has 0 amide bonds. The van der Waals surface area contributed by atoms with Crippen LogP contribution in [-0.2, 0) is 15.5 Å². The number of esters is 1. The molecule has 0 aliphatic rings. The highest BCUT2D eigenvalue weighted by molar-refractivity contribution is 7.84. The summed E-state index contributed by atoms with van der Waals surface area (Å²) in [6.07, 6.45) is 2.28. The zero-order chi connectivity index (χ0) is 18.0. The molecule has 0 aliphatic heterocycles. The summed E-state index contributed by atoms with van der Waals surface area (Å²) in [5.74, 6) is -0.855. The average Bonchev–Trinajstić information content (AvgIpc) is 3.05. The number of carbonyl (C=O) groups excluding carboxylic acids is 2. The van der Waals surface area contributed by atoms with E-state index in [0.717, 1.165) is 10.9 Å². The van der Waals surface area contributed by atoms with Crippen LogP contribution in [0.15, 0.2) is 59.6 Å². The van der Waals surface area contributed by atoms with Crippen molar-refractivity contribution < 1.29 is 18.5 Å². The summed E-state index contributed by atoms with van der Waals surface area (Å²) in [6.45, 7) is 1.55. The maximum Gasteiger partial charge on any atom is 0.338 e. The standard InChI is InChI=1S/C19H17NO4S/c1-12(18(21)16-11-20-17-6-4-3-5-15(16)17)24-19(22)13-7-9-14(10-8-13)25(2)23/h3-12,20H,1-2H3/t12-,25+/m1/s1. The zero-order valence-corrected chi connectivity index (χ0v) is 14.6. The van der Waals surface area contributed by atoms with Crippen LogP contribution in [0.5, 0.6) is 0 Å². The van der Waals surface area contributed by atoms with E-state index in [2.05, 4.69) is 4.98 Å². The molecule has 1 N–H and O–H groups in total. The number of nitrogens with one attached hydrogen (secondary N) is 1. The van der Waals surface area contributed by atoms with Gasteiger partial charge in [-0.3, -0.25) is 9.00 Å². The lowest BCUT2D eigenvalue weighted by Crippen LogP contribution is -2.24. The number of para-hydroxylation sites is 1. The summed E-state index contributed by atoms with van der Waals surface area (Å²) in [6, 6.07) is 13.8. The van der Waals surface area contributed by atoms with Crippen molar-refractivity contribution in [1.82, 2.24) is 4.98 Å². The van der Waals surface area contributed by atoms with Gasteiger partial charge in [0.2, 0.25) is 5.78 Å². The summed E-state index contributed by atoms with van der Waals surface area (Å²) in [5.41, 5.74) is 1.66. The molecule has 128 valence electrons. The predicted octanol–water partition coefficient (Wildman–Crippen LogP) is 3.33. The van der Waals surface area contributed by atoms with Crippen LogP contribution in [0.1, 0.15) is 27.6 Å². The number of rotatable bonds is 5. The molecule has 1 heterocycles. The highest BCUT2D eigenvalue weighted by Crippen LogP contribution is 2.20. The summed E-state index contributed by atoms with van der Waals surface area (Å²) in [7, 11) is -1.11. The van der Waals surface area contributed by atoms with Gasteiger partial charge in [0.1, 0.15) is 0 Å². The number of hydrogen-bond donors (Lipinski definition) is 1. The van der Waals surface area contributed by atoms with E-state index in [4.69, 9.17) is 4.74 Å². The first kappa shape index (κ1) is 17.1. The molecule has 0 saturated heterocycles. The topological polar surface area (TPSA) is 76.2 Å². The largest absolute Gasteiger partial charge is 0.451 e. The van der Waals surface area contributed by atoms with E-state index in [1.165, 1.54) is 0 Å². The molecule has 5 nitrogen and oxygen atoms in total. The van der Waals surface area contributed by atoms with Crippen molar-refractivity contribution in [1.29, 1.82) is 0 Å². The van der Waals surface area contributed by atoms with Gasteiger partial charge in [0.05, 0.1) is 5.56 Å². The maximum atomic E-state index is 12.6. The van der Waals surface area contributed by atoms with Crippen molar-refractivity contribution in [2.75, 3.05) is 6.26 Å². The first-order chi connectivity index (χ1) is 12.0. The van der Waals surface area contributed by atoms with Gasteiger partial charge in [-0.1, -0.05) is 18.2 Å². The van der Waals surface area contributed by atoms with Crippen LogP contribution < -0.4 is 0 Å². The molecule has 0 unspecified atom stereocenters. The number of ether oxygens (including phenoxy) is 1. The molecule has 1 aromatic heterocycles. The lowest BCUT2D eigenvalue weighted by Gasteiger charge is -2.12. The highest BCUT2D eigenvalue weighted by Gasteiger charge is 2.22. The molecule has 0 bridgehead atoms. The van der Waals surface area contributed by atoms with Crippen LogP contribution in [0.2, 0.25) is 0 Å². The van der Waals surface area contributed by atoms with E-state index in [0.29, 0.717) is 16.0 Å². The van der Waals surface area contributed by atoms with Gasteiger partial charge in [0.15, 0.2) is 6.10 Å². The van der Waals surface area contributed by atoms with Crippen LogP contribution >= 0.6 is 0 Å². The number of Topliss-reactive ketones (excluding diaryl/α,β-unsaturated/α-hetero) is 1. The first-order valence-corrected chi connectivity index (χ1v) is 9.28. The van der Waals surface area contributed by atoms with Gasteiger partial charge in [-0.2, -0.15) is 0 Å². The van der Waals surface area contributed by atoms with Gasteiger partial charge in [-0.25, -0.2) is 4.79 Å². The Kier molecular flexibility index (Phi) is 4.81. The number of carbonyl (C=O) groups is 2. The summed E-state index contributed by atoms with van der Waals surface area (Å²) in [5, 5.41) is 0.796. The second kappa shape index (κ2) is 7.03. The molecular weight excluding hydrogens is 338 g/mol. The van der Waals surface area contributed by atoms with E-state index in [1.807, 2.05) is 24.3 Å². The number of aromatic amines is 1. The van der Waals surface area contributed by atoms with E-state index in [1.54, 1.807) is 43.6 Å². The second-order valence-corrected chi connectivity index (χ2v) is 7.02. The third-order valence-corrected chi connectivity index (χ3v) is 4.87. The smallest absolute Gasteiger partial charge is 0.338 e. The predicted molar refractivity (Wildman–Crippen MR) is 96.3 cm³/mol. The van der Waals surface area contributed by atoms with Crippen LogP contribution in [0.3, 0.4) is 0 Å². The zero-order valence-electron chi connectivity index (χ0n) is 13.8. The molecule has 6 heteroatoms. The van der Waals surface area contributed by atoms with Crippen LogP contribution in [0.4, 0.5) is 0 Å². The number of hydrogen-bond acceptors (Lipinski definition) is 4. The normalized spacial score (nSPS) is 13.4. The van der Waals surface area contributed by atoms with Crippen LogP contribution in [-0.4, -0.2) is 33.3 Å². The Morgan fingerprint density at radius 2 is 1.76 bits per heavy atom. The molecule has 0 fully saturated rings. The van der Waals surface area contributed by atoms with Gasteiger partial charge >= 0.3 is 5.97 Å². The van der Waals surface area contributed by atoms with Crippen molar-refractivity contribution in [2.45, 2.75) is 17.9 Å². The van der Waals surface area contributed by atoms with Crippen molar-refractivity contribution in [3.8, 4) is 0 Å². The van der Waals surface area contributed by atoms with Crippen molar-refractivity contribution >= 4 is 33.5 Å². The van der Waals surface area contributed by atoms with E-state index in [-0.39, 0.29) is 5.78 Å². The molecule has 0 saturated carbocycles. The molecule has 0 spiro atoms. The number of ketones is 1. The number of aromatic nitrogens is 1. The monoisotopic (exact) mass is 355 g/mol. The second-order valence-electron chi connectivity index (χ2n) is 5.64. The Bertz CT molecular complexity index is 959. The molecule has 3 aromatic rings. The number of fused-ring (bicyclic) bond motifs is 1. The molecule has 2 atom stereocenters. The van der Waals surface area contributed by atoms with Gasteiger partial charge in [0, 0.05) is 44.6 Å². The fourth-order valence-electron chi connectivity index (χ4n) is 2.56. The van der Waals surface area contributed by atoms with Gasteiger partial charge < -0.3 is 9.72 Å². The van der Waals surface area contributed by atoms with Crippen LogP contribution in [0.25, 0.3) is 10.9 Å². The Hall–Kier alpha value is -2.73. The van der Waals surface area contributed by atoms with Crippen molar-refractivity contribution in [3.63, 3.8) is 0 Å². The number of benzene rings is 2. The minimum Gasteiger partial charge on any atom is -0.451 e. The third-order valence-electron chi connectivity index (χ3n) is 3.93. The Balaban J connectivity index is 1.74. The number of H-pyrrole nitrogens is 1. The Morgan fingerprint density at radius 3 is 2.44 bits per heavy atom. The Labute approximate surface area is 147 Å². The minimum atomic E-state index is -1.11. The van der Waals surface area contributed by atoms with E-state index in [9.17, 15) is 13.8 Å². The fourth-order valence-corrected chi connectivity index (χ4v) is 3.08. The highest BCUT2D eigenvalue weighted by atomic mass is 32.2. The van der Waals surface area contributed by atoms with E-state index < -0.39 is 22.9 Å². The molecule has 3 rings (SSSR count). The van der Waals surface area contributed by atoms with E-state index >= 15 is 0 Å². The summed E-state index contributed by atoms with van der Waals surface area (Å²) < 4.78 is 16.7. The minimum absolute atomic E-state index is 0.267. The quantitative estimate of drug-likeness (QED) is 0.563. The molecule has 25 heavy (non-hydrogen) atoms. The van der Waals surface area contributed by atoms with Gasteiger partial charge in [-0.15, -0.1) is 0 Å². The van der Waals surface area contributed by atoms with Gasteiger partial charge in [-0.05, 0) is 37.3 Å². The molecule has 0 aliphatic carbocycles. The Morgan fingerprint density at radius 1 is 1.08 bits per heavy atom. The van der Waals surface area contributed by atoms with Crippen molar-refractivity contribution in [3.05, 3.63) is 65.9 Å². The average molecular weight is 355 g/mol. The molecule has 0 radical (unpaired) electrons. The fraction of sp³-hybridized carbons (Fsp3) is 0.158. The van der Waals surface area contributed by atoms with Crippen molar-refractivity contribution in [2.24, 2.45) is 0 Å².